The molecule has 4 aliphatic rings. The zero-order valence-electron chi connectivity index (χ0n) is 31.4. The van der Waals surface area contributed by atoms with E-state index in [-0.39, 0.29) is 25.8 Å². The van der Waals surface area contributed by atoms with Crippen LogP contribution in [0.1, 0.15) is 18.7 Å². The van der Waals surface area contributed by atoms with Gasteiger partial charge in [-0.1, -0.05) is 0 Å². The fraction of sp³-hybridized carbons (Fsp3) is 0.594. The van der Waals surface area contributed by atoms with E-state index in [1.165, 1.54) is 40.2 Å². The van der Waals surface area contributed by atoms with Crippen molar-refractivity contribution in [1.29, 1.82) is 0 Å². The zero-order chi connectivity index (χ0) is 41.6. The third-order valence-electron chi connectivity index (χ3n) is 10.1. The quantitative estimate of drug-likeness (QED) is 0.0899. The van der Waals surface area contributed by atoms with Crippen molar-refractivity contribution >= 4 is 24.8 Å². The first-order chi connectivity index (χ1) is 28.4. The Morgan fingerprint density at radius 1 is 0.780 bits per heavy atom. The Morgan fingerprint density at radius 2 is 1.39 bits per heavy atom. The number of nitrogens with one attached hydrogen (secondary N) is 2. The monoisotopic (exact) mass is 853 g/mol. The Morgan fingerprint density at radius 3 is 2.05 bits per heavy atom. The number of aromatic nitrogens is 8. The van der Waals surface area contributed by atoms with Gasteiger partial charge in [0.2, 0.25) is 0 Å². The Balaban J connectivity index is 1.12. The van der Waals surface area contributed by atoms with Crippen molar-refractivity contribution < 1.29 is 61.1 Å². The van der Waals surface area contributed by atoms with Crippen molar-refractivity contribution in [2.24, 2.45) is 0 Å². The lowest BCUT2D eigenvalue weighted by molar-refractivity contribution is -0.112. The average Bonchev–Trinajstić information content (AvgIpc) is 4.03. The number of nitrogens with two attached hydrogens (primary N) is 1. The second kappa shape index (κ2) is 16.8. The highest BCUT2D eigenvalue weighted by Crippen LogP contribution is 2.57. The number of phosphoric acid groups is 1. The van der Waals surface area contributed by atoms with Gasteiger partial charge in [-0.15, -0.1) is 0 Å². The zero-order valence-corrected chi connectivity index (χ0v) is 32.3. The summed E-state index contributed by atoms with van der Waals surface area (Å²) in [5.74, 6) is 0.143. The van der Waals surface area contributed by atoms with E-state index in [1.54, 1.807) is 4.57 Å². The number of H-pyrrole nitrogens is 2. The van der Waals surface area contributed by atoms with E-state index in [1.807, 2.05) is 0 Å². The van der Waals surface area contributed by atoms with Gasteiger partial charge in [0.05, 0.1) is 26.1 Å². The summed E-state index contributed by atoms with van der Waals surface area (Å²) in [6.45, 7) is -1.09. The molecule has 8 rings (SSSR count). The third-order valence-corrected chi connectivity index (χ3v) is 11.6. The van der Waals surface area contributed by atoms with Gasteiger partial charge in [0.1, 0.15) is 73.6 Å². The van der Waals surface area contributed by atoms with Gasteiger partial charge in [0, 0.05) is 45.9 Å². The summed E-state index contributed by atoms with van der Waals surface area (Å²) in [6.07, 6.45) is -9.34. The molecule has 26 nitrogen and oxygen atoms in total. The smallest absolute Gasteiger partial charge is 0.386 e. The minimum atomic E-state index is -5.05. The van der Waals surface area contributed by atoms with Crippen molar-refractivity contribution in [2.45, 2.75) is 73.6 Å². The van der Waals surface area contributed by atoms with Crippen molar-refractivity contribution in [2.75, 3.05) is 53.7 Å². The highest BCUT2D eigenvalue weighted by Gasteiger charge is 2.56. The summed E-state index contributed by atoms with van der Waals surface area (Å²) in [4.78, 5) is 66.1. The Hall–Kier alpha value is -4.54. The lowest BCUT2D eigenvalue weighted by Crippen LogP contribution is -2.42. The van der Waals surface area contributed by atoms with E-state index in [0.717, 1.165) is 27.5 Å². The van der Waals surface area contributed by atoms with Crippen LogP contribution in [0.25, 0.3) is 11.2 Å². The average molecular weight is 854 g/mol. The van der Waals surface area contributed by atoms with Crippen LogP contribution in [0.3, 0.4) is 0 Å². The molecule has 320 valence electrons. The molecule has 0 bridgehead atoms. The molecule has 0 amide bonds. The molecule has 4 fully saturated rings. The summed E-state index contributed by atoms with van der Waals surface area (Å²) in [5, 5.41) is 11.6. The van der Waals surface area contributed by atoms with E-state index in [9.17, 15) is 24.3 Å². The number of nitrogen functional groups attached to an aromatic ring is 1. The molecule has 0 spiro atoms. The lowest BCUT2D eigenvalue weighted by atomic mass is 10.1. The molecule has 4 aromatic heterocycles. The summed E-state index contributed by atoms with van der Waals surface area (Å²) in [7, 11) is -1.06. The fourth-order valence-corrected chi connectivity index (χ4v) is 9.10. The maximum atomic E-state index is 15.3. The number of aliphatic hydroxyl groups is 1. The highest BCUT2D eigenvalue weighted by atomic mass is 31.2. The van der Waals surface area contributed by atoms with Crippen LogP contribution >= 0.6 is 7.82 Å². The Bertz CT molecular complexity index is 2420. The van der Waals surface area contributed by atoms with Crippen LogP contribution in [-0.4, -0.2) is 147 Å². The predicted molar refractivity (Wildman–Crippen MR) is 193 cm³/mol. The first-order valence-electron chi connectivity index (χ1n) is 18.0. The number of rotatable bonds is 15. The van der Waals surface area contributed by atoms with E-state index in [2.05, 4.69) is 24.9 Å². The number of hydrogen-bond acceptors (Lipinski definition) is 21. The number of hydrogen-bond donors (Lipinski definition) is 4. The molecule has 59 heavy (non-hydrogen) atoms. The van der Waals surface area contributed by atoms with Crippen LogP contribution in [0, 0.1) is 0 Å². The normalized spacial score (nSPS) is 32.8. The first-order valence-corrected chi connectivity index (χ1v) is 19.4. The van der Waals surface area contributed by atoms with Crippen molar-refractivity contribution in [1.82, 2.24) is 38.6 Å². The summed E-state index contributed by atoms with van der Waals surface area (Å²) in [5.41, 5.74) is 3.57. The number of imidazole rings is 1. The molecule has 4 saturated heterocycles. The molecule has 27 heteroatoms. The van der Waals surface area contributed by atoms with Crippen molar-refractivity contribution in [3.05, 3.63) is 78.9 Å². The van der Waals surface area contributed by atoms with Crippen LogP contribution in [0.5, 0.6) is 0 Å². The molecular weight excluding hydrogens is 813 g/mol. The standard InChI is InChI=1S/C32H40N9O17P/c1-48-8-14-21(20(44)28(54-14)39-6-4-17(42)37-31(39)45)57-59(47,58-23-15(9-49-2)55-29(24(23)50-3)40-7-5-18(43)38-32(40)46)53-10-16-22-25(52-13-51-22)30(56-16)41-12-36-19-26(33)34-11-35-27(19)41/h4-7,11-12,14-16,20-25,28-30,44H,8-10,13H2,1-3H3,(H2,33,34,35)(H,37,42,45)(H,38,43,46)/t14-,15-,16-,20-,21-,22-,23-,24-,25-,28-,29-,30-,59?/m1/s1. The van der Waals surface area contributed by atoms with Crippen LogP contribution in [-0.2, 0) is 56.0 Å². The van der Waals surface area contributed by atoms with Crippen LogP contribution in [0.15, 0.2) is 56.4 Å². The minimum absolute atomic E-state index is 0.116. The first kappa shape index (κ1) is 41.2. The topological polar surface area (TPSA) is 318 Å². The number of phosphoric ester groups is 1. The largest absolute Gasteiger partial charge is 0.475 e. The molecule has 1 unspecified atom stereocenters. The minimum Gasteiger partial charge on any atom is -0.386 e. The Labute approximate surface area is 330 Å². The van der Waals surface area contributed by atoms with Gasteiger partial charge in [0.25, 0.3) is 11.1 Å². The van der Waals surface area contributed by atoms with Crippen LogP contribution in [0.4, 0.5) is 5.82 Å². The maximum Gasteiger partial charge on any atom is 0.475 e. The van der Waals surface area contributed by atoms with Gasteiger partial charge in [-0.05, 0) is 0 Å². The van der Waals surface area contributed by atoms with E-state index >= 15 is 4.57 Å². The van der Waals surface area contributed by atoms with Crippen LogP contribution < -0.4 is 28.2 Å². The number of methoxy groups -OCH3 is 3. The number of fused-ring (bicyclic) bond motifs is 2. The van der Waals surface area contributed by atoms with Gasteiger partial charge in [-0.3, -0.25) is 46.8 Å². The van der Waals surface area contributed by atoms with Gasteiger partial charge >= 0.3 is 19.2 Å². The number of anilines is 1. The van der Waals surface area contributed by atoms with Gasteiger partial charge < -0.3 is 48.7 Å². The number of aromatic amines is 2. The maximum absolute atomic E-state index is 15.3. The predicted octanol–water partition coefficient (Wildman–Crippen LogP) is -2.49. The van der Waals surface area contributed by atoms with Crippen molar-refractivity contribution in [3.63, 3.8) is 0 Å². The van der Waals surface area contributed by atoms with E-state index < -0.39 is 111 Å². The lowest BCUT2D eigenvalue weighted by Gasteiger charge is -2.31. The molecule has 0 aromatic carbocycles. The molecule has 0 aliphatic carbocycles. The Kier molecular flexibility index (Phi) is 11.8. The van der Waals surface area contributed by atoms with Gasteiger partial charge in [0.15, 0.2) is 30.1 Å². The van der Waals surface area contributed by atoms with E-state index in [0.29, 0.717) is 11.2 Å². The summed E-state index contributed by atoms with van der Waals surface area (Å²) in [6, 6.07) is 2.14. The molecule has 8 heterocycles. The second-order valence-corrected chi connectivity index (χ2v) is 15.3. The molecule has 0 radical (unpaired) electrons. The van der Waals surface area contributed by atoms with Gasteiger partial charge in [-0.25, -0.2) is 29.1 Å². The number of nitrogens with zero attached hydrogens (tertiary/aromatic N) is 6. The molecule has 4 aliphatic heterocycles. The van der Waals surface area contributed by atoms with E-state index in [4.69, 9.17) is 57.2 Å². The molecule has 13 atom stereocenters. The van der Waals surface area contributed by atoms with Gasteiger partial charge in [-0.2, -0.15) is 0 Å². The summed E-state index contributed by atoms with van der Waals surface area (Å²) >= 11 is 0. The third kappa shape index (κ3) is 7.83. The van der Waals surface area contributed by atoms with Crippen molar-refractivity contribution in [3.8, 4) is 0 Å². The second-order valence-electron chi connectivity index (χ2n) is 13.7. The molecule has 0 saturated carbocycles. The number of aliphatic hydroxyl groups excluding tert-OH is 1. The molecule has 4 aromatic rings. The van der Waals surface area contributed by atoms with Crippen LogP contribution in [0.2, 0.25) is 0 Å². The molecule has 5 N–H and O–H groups in total. The fourth-order valence-electron chi connectivity index (χ4n) is 7.49. The molecular formula is C32H40N9O17P. The SMILES string of the molecule is COC[C@H]1O[C@@H](n2ccc(=O)[nH]c2=O)[C@H](O)[C@@H]1OP(=O)(OC[C@H]1O[C@@H](n2cnc3c(N)ncnc32)[C@@H]2OCO[C@@H]21)O[C@H]1[C@@H](OC)[C@H](n2ccc(=O)[nH]c2=O)O[C@@H]1COC. The highest BCUT2D eigenvalue weighted by molar-refractivity contribution is 7.48. The summed E-state index contributed by atoms with van der Waals surface area (Å²) < 4.78 is 83.8. The number of ether oxygens (including phenoxy) is 8.